The molecule has 30 heavy (non-hydrogen) atoms. The molecule has 0 bridgehead atoms. The first-order valence-electron chi connectivity index (χ1n) is 10.8. The lowest BCUT2D eigenvalue weighted by Crippen LogP contribution is -2.22. The summed E-state index contributed by atoms with van der Waals surface area (Å²) in [5.41, 5.74) is 5.69. The minimum Gasteiger partial charge on any atom is -0.500 e. The van der Waals surface area contributed by atoms with Gasteiger partial charge in [0.2, 0.25) is 0 Å². The van der Waals surface area contributed by atoms with Crippen LogP contribution in [0.1, 0.15) is 55.4 Å². The maximum Gasteiger partial charge on any atom is 0.167 e. The van der Waals surface area contributed by atoms with Gasteiger partial charge in [0.25, 0.3) is 0 Å². The van der Waals surface area contributed by atoms with E-state index >= 15 is 0 Å². The van der Waals surface area contributed by atoms with Crippen molar-refractivity contribution in [1.29, 1.82) is 0 Å². The number of thioether (sulfide) groups is 1. The fraction of sp³-hybridized carbons (Fsp3) is 0.423. The number of carbonyl (C=O) groups excluding carboxylic acids is 1. The molecule has 4 heteroatoms. The normalized spacial score (nSPS) is 16.8. The number of hydrogen-bond acceptors (Lipinski definition) is 3. The fourth-order valence-corrected chi connectivity index (χ4v) is 5.69. The number of rotatable bonds is 8. The van der Waals surface area contributed by atoms with Gasteiger partial charge < -0.3 is 4.74 Å². The highest BCUT2D eigenvalue weighted by molar-refractivity contribution is 7.99. The summed E-state index contributed by atoms with van der Waals surface area (Å²) >= 11 is 8.03. The van der Waals surface area contributed by atoms with Crippen LogP contribution in [0.15, 0.2) is 47.1 Å². The van der Waals surface area contributed by atoms with E-state index < -0.39 is 0 Å². The average molecular weight is 443 g/mol. The number of carbonyl (C=O) groups is 1. The summed E-state index contributed by atoms with van der Waals surface area (Å²) in [7, 11) is 1.70. The quantitative estimate of drug-likeness (QED) is 0.401. The standard InChI is InChI=1S/C26H31ClO2S/c1-5-19-13-17(3)14-20(6-2)25(19)26-22(28)15-18(16-23(26)29-4)11-12-30-24-10-8-7-9-21(24)27/h7-10,13-14,18H,5-6,11-12,15-16H2,1-4H3. The summed E-state index contributed by atoms with van der Waals surface area (Å²) in [5, 5.41) is 0.792. The Labute approximate surface area is 190 Å². The van der Waals surface area contributed by atoms with Gasteiger partial charge in [-0.25, -0.2) is 0 Å². The maximum atomic E-state index is 13.3. The molecule has 0 radical (unpaired) electrons. The SMILES string of the molecule is CCc1cc(C)cc(CC)c1C1=C(OC)CC(CCSc2ccccc2Cl)CC1=O. The molecule has 0 fully saturated rings. The van der Waals surface area contributed by atoms with E-state index in [-0.39, 0.29) is 5.78 Å². The van der Waals surface area contributed by atoms with Crippen LogP contribution in [0.3, 0.4) is 0 Å². The third-order valence-electron chi connectivity index (χ3n) is 5.83. The highest BCUT2D eigenvalue weighted by atomic mass is 35.5. The third kappa shape index (κ3) is 5.12. The maximum absolute atomic E-state index is 13.3. The zero-order valence-corrected chi connectivity index (χ0v) is 20.0. The van der Waals surface area contributed by atoms with Crippen molar-refractivity contribution in [3.63, 3.8) is 0 Å². The summed E-state index contributed by atoms with van der Waals surface area (Å²) in [6.07, 6.45) is 4.20. The van der Waals surface area contributed by atoms with Crippen molar-refractivity contribution in [3.05, 3.63) is 69.4 Å². The topological polar surface area (TPSA) is 26.3 Å². The zero-order valence-electron chi connectivity index (χ0n) is 18.4. The second kappa shape index (κ2) is 10.5. The molecule has 1 aliphatic carbocycles. The number of ketones is 1. The molecule has 1 atom stereocenters. The molecule has 1 aliphatic rings. The Morgan fingerprint density at radius 2 is 1.77 bits per heavy atom. The fourth-order valence-electron chi connectivity index (χ4n) is 4.34. The van der Waals surface area contributed by atoms with Crippen molar-refractivity contribution in [3.8, 4) is 0 Å². The van der Waals surface area contributed by atoms with Crippen LogP contribution in [0.5, 0.6) is 0 Å². The predicted molar refractivity (Wildman–Crippen MR) is 128 cm³/mol. The number of benzene rings is 2. The Kier molecular flexibility index (Phi) is 8.07. The van der Waals surface area contributed by atoms with Crippen LogP contribution in [-0.2, 0) is 22.4 Å². The van der Waals surface area contributed by atoms with Crippen LogP contribution in [0.2, 0.25) is 5.02 Å². The van der Waals surface area contributed by atoms with Crippen molar-refractivity contribution >= 4 is 34.7 Å². The highest BCUT2D eigenvalue weighted by Gasteiger charge is 2.31. The van der Waals surface area contributed by atoms with Gasteiger partial charge in [0.15, 0.2) is 5.78 Å². The molecule has 0 N–H and O–H groups in total. The first kappa shape index (κ1) is 23.0. The van der Waals surface area contributed by atoms with E-state index in [1.54, 1.807) is 18.9 Å². The zero-order chi connectivity index (χ0) is 21.7. The molecule has 2 nitrogen and oxygen atoms in total. The average Bonchev–Trinajstić information content (AvgIpc) is 2.74. The highest BCUT2D eigenvalue weighted by Crippen LogP contribution is 2.39. The van der Waals surface area contributed by atoms with Gasteiger partial charge in [0, 0.05) is 17.7 Å². The number of halogens is 1. The summed E-state index contributed by atoms with van der Waals surface area (Å²) in [6.45, 7) is 6.45. The summed E-state index contributed by atoms with van der Waals surface area (Å²) in [4.78, 5) is 14.4. The Bertz CT molecular complexity index is 923. The first-order valence-corrected chi connectivity index (χ1v) is 12.1. The molecule has 0 amide bonds. The van der Waals surface area contributed by atoms with Crippen molar-refractivity contribution in [2.45, 2.75) is 57.8 Å². The second-order valence-corrected chi connectivity index (χ2v) is 9.48. The van der Waals surface area contributed by atoms with E-state index in [9.17, 15) is 4.79 Å². The predicted octanol–water partition coefficient (Wildman–Crippen LogP) is 7.29. The van der Waals surface area contributed by atoms with Gasteiger partial charge in [0.1, 0.15) is 5.76 Å². The monoisotopic (exact) mass is 442 g/mol. The van der Waals surface area contributed by atoms with Crippen LogP contribution in [0.25, 0.3) is 5.57 Å². The van der Waals surface area contributed by atoms with Crippen LogP contribution in [-0.4, -0.2) is 18.6 Å². The molecule has 0 spiro atoms. The minimum atomic E-state index is 0.221. The summed E-state index contributed by atoms with van der Waals surface area (Å²) < 4.78 is 5.80. The number of allylic oxidation sites excluding steroid dienone is 2. The second-order valence-electron chi connectivity index (χ2n) is 7.93. The van der Waals surface area contributed by atoms with Crippen LogP contribution in [0, 0.1) is 12.8 Å². The van der Waals surface area contributed by atoms with E-state index in [0.717, 1.165) is 58.2 Å². The number of aryl methyl sites for hydroxylation is 3. The molecule has 3 rings (SSSR count). The lowest BCUT2D eigenvalue weighted by molar-refractivity contribution is -0.115. The van der Waals surface area contributed by atoms with Crippen molar-refractivity contribution in [2.24, 2.45) is 5.92 Å². The van der Waals surface area contributed by atoms with E-state index in [2.05, 4.69) is 32.9 Å². The molecule has 0 heterocycles. The van der Waals surface area contributed by atoms with Crippen molar-refractivity contribution in [1.82, 2.24) is 0 Å². The lowest BCUT2D eigenvalue weighted by atomic mass is 9.79. The molecular formula is C26H31ClO2S. The number of Topliss-reactive ketones (excluding diaryl/α,β-unsaturated/α-hetero) is 1. The summed E-state index contributed by atoms with van der Waals surface area (Å²) in [6, 6.07) is 12.4. The van der Waals surface area contributed by atoms with Crippen molar-refractivity contribution < 1.29 is 9.53 Å². The van der Waals surface area contributed by atoms with Gasteiger partial charge in [-0.05, 0) is 66.7 Å². The van der Waals surface area contributed by atoms with Crippen LogP contribution in [0.4, 0.5) is 0 Å². The Morgan fingerprint density at radius 1 is 1.10 bits per heavy atom. The molecule has 0 saturated carbocycles. The number of hydrogen-bond donors (Lipinski definition) is 0. The first-order chi connectivity index (χ1) is 14.5. The van der Waals surface area contributed by atoms with Gasteiger partial charge in [0.05, 0.1) is 17.7 Å². The molecule has 0 aromatic heterocycles. The Morgan fingerprint density at radius 3 is 2.37 bits per heavy atom. The van der Waals surface area contributed by atoms with E-state index in [1.165, 1.54) is 16.7 Å². The van der Waals surface area contributed by atoms with Crippen LogP contribution >= 0.6 is 23.4 Å². The third-order valence-corrected chi connectivity index (χ3v) is 7.38. The van der Waals surface area contributed by atoms with Gasteiger partial charge in [-0.3, -0.25) is 4.79 Å². The molecule has 0 saturated heterocycles. The van der Waals surface area contributed by atoms with E-state index in [4.69, 9.17) is 16.3 Å². The van der Waals surface area contributed by atoms with E-state index in [1.807, 2.05) is 24.3 Å². The van der Waals surface area contributed by atoms with Gasteiger partial charge in [-0.15, -0.1) is 11.8 Å². The Balaban J connectivity index is 1.82. The molecule has 1 unspecified atom stereocenters. The van der Waals surface area contributed by atoms with Gasteiger partial charge >= 0.3 is 0 Å². The largest absolute Gasteiger partial charge is 0.500 e. The molecule has 2 aromatic rings. The molecule has 0 aliphatic heterocycles. The minimum absolute atomic E-state index is 0.221. The van der Waals surface area contributed by atoms with Gasteiger partial charge in [-0.1, -0.05) is 55.3 Å². The van der Waals surface area contributed by atoms with Crippen LogP contribution < -0.4 is 0 Å². The van der Waals surface area contributed by atoms with Crippen molar-refractivity contribution in [2.75, 3.05) is 12.9 Å². The molecular weight excluding hydrogens is 412 g/mol. The smallest absolute Gasteiger partial charge is 0.167 e. The van der Waals surface area contributed by atoms with E-state index in [0.29, 0.717) is 12.3 Å². The molecule has 2 aromatic carbocycles. The number of methoxy groups -OCH3 is 1. The Hall–Kier alpha value is -1.71. The number of ether oxygens (including phenoxy) is 1. The lowest BCUT2D eigenvalue weighted by Gasteiger charge is -2.28. The summed E-state index contributed by atoms with van der Waals surface area (Å²) in [5.74, 6) is 2.33. The van der Waals surface area contributed by atoms with Gasteiger partial charge in [-0.2, -0.15) is 0 Å². The molecule has 160 valence electrons.